The van der Waals surface area contributed by atoms with Gasteiger partial charge in [0.05, 0.1) is 0 Å². The highest BCUT2D eigenvalue weighted by atomic mass is 32.1. The summed E-state index contributed by atoms with van der Waals surface area (Å²) in [5.74, 6) is 0.594. The third-order valence-electron chi connectivity index (χ3n) is 4.44. The number of ketones is 1. The van der Waals surface area contributed by atoms with E-state index in [4.69, 9.17) is 0 Å². The van der Waals surface area contributed by atoms with Gasteiger partial charge in [0.25, 0.3) is 0 Å². The zero-order valence-corrected chi connectivity index (χ0v) is 16.5. The van der Waals surface area contributed by atoms with Crippen molar-refractivity contribution in [1.29, 1.82) is 0 Å². The second-order valence-corrected chi connectivity index (χ2v) is 6.64. The molecule has 0 fully saturated rings. The topological polar surface area (TPSA) is 17.1 Å². The molecular formula is C24H28OS. The highest BCUT2D eigenvalue weighted by Gasteiger charge is 2.23. The van der Waals surface area contributed by atoms with Crippen molar-refractivity contribution in [3.05, 3.63) is 109 Å². The predicted octanol–water partition coefficient (Wildman–Crippen LogP) is 6.33. The van der Waals surface area contributed by atoms with Gasteiger partial charge in [-0.15, -0.1) is 6.58 Å². The molecule has 1 nitrogen and oxygen atoms in total. The van der Waals surface area contributed by atoms with Crippen LogP contribution < -0.4 is 0 Å². The van der Waals surface area contributed by atoms with Crippen molar-refractivity contribution in [2.45, 2.75) is 19.8 Å². The number of rotatable bonds is 11. The predicted molar refractivity (Wildman–Crippen MR) is 118 cm³/mol. The molecule has 0 bridgehead atoms. The van der Waals surface area contributed by atoms with E-state index in [-0.39, 0.29) is 11.2 Å². The van der Waals surface area contributed by atoms with Crippen LogP contribution in [0.3, 0.4) is 0 Å². The standard InChI is InChI=1S/C24H28OS/c1-6-11-21(19(4)24(5,8-3)18-26)13-10-9-12-20-14-16-22(17-15-20)23(25)7-2/h6-8,10-11,13-17,26H,1-4,9,12,18H2,5H3/b13-10-,21-11+. The number of aryl methyl sites for hydroxylation is 1. The smallest absolute Gasteiger partial charge is 0.185 e. The summed E-state index contributed by atoms with van der Waals surface area (Å²) < 4.78 is 0. The van der Waals surface area contributed by atoms with Crippen LogP contribution in [-0.2, 0) is 6.42 Å². The number of hydrogen-bond donors (Lipinski definition) is 1. The molecule has 0 saturated heterocycles. The lowest BCUT2D eigenvalue weighted by Gasteiger charge is -2.27. The Morgan fingerprint density at radius 3 is 2.35 bits per heavy atom. The molecule has 0 aliphatic rings. The Hall–Kier alpha value is -2.32. The lowest BCUT2D eigenvalue weighted by molar-refractivity contribution is 0.104. The maximum Gasteiger partial charge on any atom is 0.185 e. The Morgan fingerprint density at radius 2 is 1.85 bits per heavy atom. The van der Waals surface area contributed by atoms with Crippen LogP contribution in [0.1, 0.15) is 29.3 Å². The average Bonchev–Trinajstić information content (AvgIpc) is 2.68. The van der Waals surface area contributed by atoms with Gasteiger partial charge < -0.3 is 0 Å². The maximum absolute atomic E-state index is 11.6. The van der Waals surface area contributed by atoms with Gasteiger partial charge in [-0.3, -0.25) is 4.79 Å². The van der Waals surface area contributed by atoms with E-state index in [1.165, 1.54) is 11.6 Å². The molecule has 1 unspecified atom stereocenters. The van der Waals surface area contributed by atoms with E-state index in [2.05, 4.69) is 58.0 Å². The van der Waals surface area contributed by atoms with Gasteiger partial charge in [-0.05, 0) is 35.6 Å². The minimum Gasteiger partial charge on any atom is -0.289 e. The van der Waals surface area contributed by atoms with Crippen LogP contribution in [0.15, 0.2) is 98.2 Å². The van der Waals surface area contributed by atoms with Gasteiger partial charge in [-0.1, -0.05) is 81.3 Å². The molecule has 1 rings (SSSR count). The van der Waals surface area contributed by atoms with Crippen LogP contribution in [0.4, 0.5) is 0 Å². The first kappa shape index (κ1) is 21.7. The second-order valence-electron chi connectivity index (χ2n) is 6.32. The molecule has 0 aromatic heterocycles. The fourth-order valence-corrected chi connectivity index (χ4v) is 2.73. The summed E-state index contributed by atoms with van der Waals surface area (Å²) >= 11 is 4.43. The van der Waals surface area contributed by atoms with E-state index in [9.17, 15) is 4.79 Å². The van der Waals surface area contributed by atoms with Crippen molar-refractivity contribution in [3.8, 4) is 0 Å². The zero-order valence-electron chi connectivity index (χ0n) is 15.6. The number of carbonyl (C=O) groups is 1. The van der Waals surface area contributed by atoms with Gasteiger partial charge in [0.1, 0.15) is 0 Å². The van der Waals surface area contributed by atoms with Gasteiger partial charge in [0.2, 0.25) is 0 Å². The second kappa shape index (κ2) is 10.6. The number of hydrogen-bond acceptors (Lipinski definition) is 2. The molecular weight excluding hydrogens is 336 g/mol. The van der Waals surface area contributed by atoms with Gasteiger partial charge in [0.15, 0.2) is 5.78 Å². The normalized spacial score (nSPS) is 13.8. The summed E-state index contributed by atoms with van der Waals surface area (Å²) in [5, 5.41) is 0. The highest BCUT2D eigenvalue weighted by molar-refractivity contribution is 7.80. The average molecular weight is 365 g/mol. The first-order chi connectivity index (χ1) is 12.4. The Bertz CT molecular complexity index is 734. The summed E-state index contributed by atoms with van der Waals surface area (Å²) in [6.07, 6.45) is 12.9. The van der Waals surface area contributed by atoms with Crippen molar-refractivity contribution in [1.82, 2.24) is 0 Å². The van der Waals surface area contributed by atoms with E-state index in [0.717, 1.165) is 24.0 Å². The molecule has 1 aromatic rings. The van der Waals surface area contributed by atoms with Gasteiger partial charge in [-0.2, -0.15) is 12.6 Å². The highest BCUT2D eigenvalue weighted by Crippen LogP contribution is 2.34. The zero-order chi connectivity index (χ0) is 19.6. The quantitative estimate of drug-likeness (QED) is 0.159. The largest absolute Gasteiger partial charge is 0.289 e. The number of allylic oxidation sites excluding steroid dienone is 8. The van der Waals surface area contributed by atoms with Crippen molar-refractivity contribution in [2.75, 3.05) is 5.75 Å². The van der Waals surface area contributed by atoms with Crippen LogP contribution in [0.2, 0.25) is 0 Å². The van der Waals surface area contributed by atoms with E-state index < -0.39 is 0 Å². The molecule has 26 heavy (non-hydrogen) atoms. The van der Waals surface area contributed by atoms with Gasteiger partial charge in [-0.25, -0.2) is 0 Å². The molecule has 0 spiro atoms. The summed E-state index contributed by atoms with van der Waals surface area (Å²) in [5.41, 5.74) is 3.61. The summed E-state index contributed by atoms with van der Waals surface area (Å²) in [6.45, 7) is 17.5. The van der Waals surface area contributed by atoms with Crippen LogP contribution in [-0.4, -0.2) is 11.5 Å². The lowest BCUT2D eigenvalue weighted by atomic mass is 9.80. The van der Waals surface area contributed by atoms with Crippen molar-refractivity contribution in [2.24, 2.45) is 5.41 Å². The summed E-state index contributed by atoms with van der Waals surface area (Å²) in [4.78, 5) is 11.6. The molecule has 1 aromatic carbocycles. The molecule has 0 radical (unpaired) electrons. The van der Waals surface area contributed by atoms with Crippen LogP contribution in [0.25, 0.3) is 0 Å². The molecule has 2 heteroatoms. The fraction of sp³-hybridized carbons (Fsp3) is 0.208. The first-order valence-corrected chi connectivity index (χ1v) is 9.24. The molecule has 136 valence electrons. The molecule has 0 saturated carbocycles. The molecule has 1 atom stereocenters. The van der Waals surface area contributed by atoms with E-state index in [0.29, 0.717) is 11.3 Å². The van der Waals surface area contributed by atoms with Crippen LogP contribution >= 0.6 is 12.6 Å². The van der Waals surface area contributed by atoms with Crippen LogP contribution in [0, 0.1) is 5.41 Å². The summed E-state index contributed by atoms with van der Waals surface area (Å²) in [7, 11) is 0. The molecule has 0 aliphatic heterocycles. The summed E-state index contributed by atoms with van der Waals surface area (Å²) in [6, 6.07) is 7.66. The SMILES string of the molecule is C=C/C=C(\C=C/CCc1ccc(C(=O)C=C)cc1)C(=C)C(C)(C=C)CS. The Kier molecular flexibility index (Phi) is 8.87. The Morgan fingerprint density at radius 1 is 1.19 bits per heavy atom. The fourth-order valence-electron chi connectivity index (χ4n) is 2.41. The molecule has 0 N–H and O–H groups in total. The van der Waals surface area contributed by atoms with Gasteiger partial charge >= 0.3 is 0 Å². The van der Waals surface area contributed by atoms with Crippen molar-refractivity contribution < 1.29 is 4.79 Å². The molecule has 0 aliphatic carbocycles. The minimum absolute atomic E-state index is 0.0522. The Balaban J connectivity index is 2.75. The van der Waals surface area contributed by atoms with Crippen molar-refractivity contribution in [3.63, 3.8) is 0 Å². The monoisotopic (exact) mass is 364 g/mol. The van der Waals surface area contributed by atoms with E-state index in [1.54, 1.807) is 6.08 Å². The number of benzene rings is 1. The molecule has 0 amide bonds. The third-order valence-corrected chi connectivity index (χ3v) is 5.09. The van der Waals surface area contributed by atoms with Crippen molar-refractivity contribution >= 4 is 18.4 Å². The minimum atomic E-state index is -0.254. The number of carbonyl (C=O) groups excluding carboxylic acids is 1. The van der Waals surface area contributed by atoms with Gasteiger partial charge in [0, 0.05) is 16.7 Å². The number of thiol groups is 1. The third kappa shape index (κ3) is 5.89. The maximum atomic E-state index is 11.6. The van der Waals surface area contributed by atoms with E-state index in [1.807, 2.05) is 36.4 Å². The molecule has 0 heterocycles. The van der Waals surface area contributed by atoms with Crippen LogP contribution in [0.5, 0.6) is 0 Å². The van der Waals surface area contributed by atoms with E-state index >= 15 is 0 Å². The lowest BCUT2D eigenvalue weighted by Crippen LogP contribution is -2.18. The Labute approximate surface area is 163 Å². The first-order valence-electron chi connectivity index (χ1n) is 8.61.